The van der Waals surface area contributed by atoms with E-state index in [-0.39, 0.29) is 11.5 Å². The fourth-order valence-corrected chi connectivity index (χ4v) is 4.09. The van der Waals surface area contributed by atoms with Gasteiger partial charge in [-0.3, -0.25) is 9.78 Å². The van der Waals surface area contributed by atoms with Crippen LogP contribution in [0.4, 0.5) is 0 Å². The maximum Gasteiger partial charge on any atom is 0.272 e. The average molecular weight is 365 g/mol. The normalized spacial score (nSPS) is 19.9. The summed E-state index contributed by atoms with van der Waals surface area (Å²) >= 11 is 0. The fourth-order valence-electron chi connectivity index (χ4n) is 4.09. The van der Waals surface area contributed by atoms with E-state index >= 15 is 0 Å². The molecule has 0 atom stereocenters. The fraction of sp³-hybridized carbons (Fsp3) is 0.455. The zero-order valence-corrected chi connectivity index (χ0v) is 15.7. The Bertz CT molecular complexity index is 743. The van der Waals surface area contributed by atoms with Crippen molar-refractivity contribution >= 4 is 5.91 Å². The smallest absolute Gasteiger partial charge is 0.272 e. The van der Waals surface area contributed by atoms with E-state index in [9.17, 15) is 4.79 Å². The Balaban J connectivity index is 1.31. The number of ether oxygens (including phenoxy) is 1. The molecule has 3 heterocycles. The third-order valence-corrected chi connectivity index (χ3v) is 5.75. The van der Waals surface area contributed by atoms with Crippen molar-refractivity contribution in [3.05, 3.63) is 66.0 Å². The number of carbonyl (C=O) groups excluding carboxylic acids is 1. The third-order valence-electron chi connectivity index (χ3n) is 5.75. The van der Waals surface area contributed by atoms with E-state index in [0.29, 0.717) is 25.4 Å². The van der Waals surface area contributed by atoms with Crippen LogP contribution in [0, 0.1) is 0 Å². The van der Waals surface area contributed by atoms with Crippen molar-refractivity contribution in [2.45, 2.75) is 24.9 Å². The van der Waals surface area contributed by atoms with Gasteiger partial charge < -0.3 is 14.5 Å². The summed E-state index contributed by atoms with van der Waals surface area (Å²) in [6.45, 7) is 5.07. The number of pyridine rings is 1. The molecule has 27 heavy (non-hydrogen) atoms. The van der Waals surface area contributed by atoms with E-state index in [1.54, 1.807) is 12.3 Å². The van der Waals surface area contributed by atoms with Crippen molar-refractivity contribution in [3.8, 4) is 0 Å². The first-order valence-electron chi connectivity index (χ1n) is 9.85. The number of benzene rings is 1. The number of piperidine rings is 1. The van der Waals surface area contributed by atoms with Crippen molar-refractivity contribution in [2.75, 3.05) is 39.3 Å². The summed E-state index contributed by atoms with van der Waals surface area (Å²) in [5.74, 6) is 0.0183. The second-order valence-corrected chi connectivity index (χ2v) is 7.55. The topological polar surface area (TPSA) is 45.7 Å². The zero-order valence-electron chi connectivity index (χ0n) is 15.7. The molecule has 5 nitrogen and oxygen atoms in total. The summed E-state index contributed by atoms with van der Waals surface area (Å²) in [5.41, 5.74) is 1.72. The number of morpholine rings is 1. The Morgan fingerprint density at radius 3 is 2.56 bits per heavy atom. The van der Waals surface area contributed by atoms with Crippen LogP contribution in [0.2, 0.25) is 0 Å². The molecule has 1 amide bonds. The van der Waals surface area contributed by atoms with E-state index < -0.39 is 0 Å². The van der Waals surface area contributed by atoms with Crippen molar-refractivity contribution in [2.24, 2.45) is 0 Å². The van der Waals surface area contributed by atoms with Gasteiger partial charge in [0.25, 0.3) is 5.91 Å². The predicted octanol–water partition coefficient (Wildman–Crippen LogP) is 2.63. The summed E-state index contributed by atoms with van der Waals surface area (Å²) in [6, 6.07) is 16.1. The second kappa shape index (κ2) is 8.19. The molecule has 2 aromatic rings. The molecule has 0 N–H and O–H groups in total. The lowest BCUT2D eigenvalue weighted by atomic mass is 9.89. The number of carbonyl (C=O) groups is 1. The first-order valence-corrected chi connectivity index (χ1v) is 9.85. The maximum absolute atomic E-state index is 12.7. The minimum atomic E-state index is -0.189. The van der Waals surface area contributed by atoms with Gasteiger partial charge in [0, 0.05) is 32.4 Å². The number of likely N-dealkylation sites (tertiary alicyclic amines) is 1. The molecule has 4 rings (SSSR count). The summed E-state index contributed by atoms with van der Waals surface area (Å²) in [6.07, 6.45) is 4.72. The lowest BCUT2D eigenvalue weighted by Crippen LogP contribution is -2.58. The third kappa shape index (κ3) is 4.37. The molecular formula is C22H27N3O2. The van der Waals surface area contributed by atoms with E-state index in [2.05, 4.69) is 40.2 Å². The molecule has 2 fully saturated rings. The number of hydrogen-bond acceptors (Lipinski definition) is 4. The molecule has 142 valence electrons. The first-order chi connectivity index (χ1) is 13.2. The number of hydrogen-bond donors (Lipinski definition) is 0. The highest BCUT2D eigenvalue weighted by Gasteiger charge is 2.41. The van der Waals surface area contributed by atoms with Gasteiger partial charge in [0.05, 0.1) is 18.8 Å². The number of amides is 1. The molecule has 2 aliphatic rings. The average Bonchev–Trinajstić information content (AvgIpc) is 2.74. The Morgan fingerprint density at radius 1 is 1.04 bits per heavy atom. The molecule has 0 radical (unpaired) electrons. The lowest BCUT2D eigenvalue weighted by molar-refractivity contribution is -0.127. The molecular weight excluding hydrogens is 338 g/mol. The van der Waals surface area contributed by atoms with Gasteiger partial charge in [-0.2, -0.15) is 0 Å². The Kier molecular flexibility index (Phi) is 5.50. The van der Waals surface area contributed by atoms with Crippen LogP contribution in [0.25, 0.3) is 0 Å². The highest BCUT2D eigenvalue weighted by Crippen LogP contribution is 2.30. The zero-order chi connectivity index (χ0) is 18.5. The number of aromatic nitrogens is 1. The molecule has 0 bridgehead atoms. The van der Waals surface area contributed by atoms with Crippen molar-refractivity contribution in [3.63, 3.8) is 0 Å². The van der Waals surface area contributed by atoms with Crippen LogP contribution in [0.5, 0.6) is 0 Å². The quantitative estimate of drug-likeness (QED) is 0.836. The van der Waals surface area contributed by atoms with Gasteiger partial charge in [0.15, 0.2) is 0 Å². The van der Waals surface area contributed by atoms with Gasteiger partial charge in [0.2, 0.25) is 0 Å². The van der Waals surface area contributed by atoms with Crippen LogP contribution < -0.4 is 0 Å². The Morgan fingerprint density at radius 2 is 1.81 bits per heavy atom. The number of nitrogens with zero attached hydrogens (tertiary/aromatic N) is 3. The molecule has 2 aliphatic heterocycles. The summed E-state index contributed by atoms with van der Waals surface area (Å²) in [5, 5.41) is 0. The summed E-state index contributed by atoms with van der Waals surface area (Å²) in [4.78, 5) is 21.4. The van der Waals surface area contributed by atoms with Crippen molar-refractivity contribution in [1.82, 2.24) is 14.8 Å². The molecule has 2 saturated heterocycles. The Labute approximate surface area is 161 Å². The largest absolute Gasteiger partial charge is 0.371 e. The molecule has 1 spiro atoms. The maximum atomic E-state index is 12.7. The Hall–Kier alpha value is -2.24. The van der Waals surface area contributed by atoms with E-state index in [0.717, 1.165) is 38.9 Å². The lowest BCUT2D eigenvalue weighted by Gasteiger charge is -2.47. The van der Waals surface area contributed by atoms with Gasteiger partial charge in [-0.1, -0.05) is 36.4 Å². The predicted molar refractivity (Wildman–Crippen MR) is 105 cm³/mol. The molecule has 0 unspecified atom stereocenters. The first kappa shape index (κ1) is 18.1. The minimum Gasteiger partial charge on any atom is -0.371 e. The monoisotopic (exact) mass is 365 g/mol. The van der Waals surface area contributed by atoms with Crippen LogP contribution in [-0.2, 0) is 11.2 Å². The second-order valence-electron chi connectivity index (χ2n) is 7.55. The van der Waals surface area contributed by atoms with Gasteiger partial charge in [0.1, 0.15) is 5.69 Å². The van der Waals surface area contributed by atoms with Gasteiger partial charge in [-0.15, -0.1) is 0 Å². The molecule has 1 aromatic carbocycles. The van der Waals surface area contributed by atoms with E-state index in [4.69, 9.17) is 4.74 Å². The molecule has 5 heteroatoms. The minimum absolute atomic E-state index is 0.0183. The van der Waals surface area contributed by atoms with Crippen molar-refractivity contribution in [1.29, 1.82) is 0 Å². The van der Waals surface area contributed by atoms with Crippen LogP contribution in [-0.4, -0.2) is 65.6 Å². The van der Waals surface area contributed by atoms with Crippen LogP contribution in [0.15, 0.2) is 54.7 Å². The highest BCUT2D eigenvalue weighted by atomic mass is 16.5. The van der Waals surface area contributed by atoms with Crippen LogP contribution in [0.3, 0.4) is 0 Å². The van der Waals surface area contributed by atoms with Gasteiger partial charge >= 0.3 is 0 Å². The highest BCUT2D eigenvalue weighted by molar-refractivity contribution is 5.92. The van der Waals surface area contributed by atoms with E-state index in [1.807, 2.05) is 17.0 Å². The number of rotatable bonds is 4. The van der Waals surface area contributed by atoms with Crippen molar-refractivity contribution < 1.29 is 9.53 Å². The summed E-state index contributed by atoms with van der Waals surface area (Å²) in [7, 11) is 0. The molecule has 0 saturated carbocycles. The molecule has 1 aromatic heterocycles. The van der Waals surface area contributed by atoms with Crippen LogP contribution >= 0.6 is 0 Å². The van der Waals surface area contributed by atoms with E-state index in [1.165, 1.54) is 5.56 Å². The molecule has 0 aliphatic carbocycles. The summed E-state index contributed by atoms with van der Waals surface area (Å²) < 4.78 is 6.19. The standard InChI is InChI=1S/C22H27N3O2/c26-21(20-8-4-5-12-23-20)25-16-17-27-22(18-25)10-14-24(15-11-22)13-9-19-6-2-1-3-7-19/h1-8,12H,9-11,13-18H2. The van der Waals surface area contributed by atoms with Gasteiger partial charge in [-0.05, 0) is 37.0 Å². The van der Waals surface area contributed by atoms with Crippen LogP contribution in [0.1, 0.15) is 28.9 Å². The SMILES string of the molecule is O=C(c1ccccn1)N1CCOC2(CCN(CCc3ccccc3)CC2)C1. The van der Waals surface area contributed by atoms with Gasteiger partial charge in [-0.25, -0.2) is 0 Å².